The number of amides is 1. The molecule has 0 atom stereocenters. The SMILES string of the molecule is CC(C)CCN(C(=O)c1cn(CCN)cn1)C1CC1. The monoisotopic (exact) mass is 264 g/mol. The van der Waals surface area contributed by atoms with Crippen LogP contribution in [0.1, 0.15) is 43.6 Å². The quantitative estimate of drug-likeness (QED) is 0.811. The Morgan fingerprint density at radius 1 is 1.58 bits per heavy atom. The normalized spacial score (nSPS) is 14.9. The van der Waals surface area contributed by atoms with Gasteiger partial charge in [0.25, 0.3) is 5.91 Å². The minimum absolute atomic E-state index is 0.0684. The summed E-state index contributed by atoms with van der Waals surface area (Å²) in [6.45, 7) is 6.47. The molecule has 5 heteroatoms. The molecular formula is C14H24N4O. The zero-order valence-electron chi connectivity index (χ0n) is 11.9. The summed E-state index contributed by atoms with van der Waals surface area (Å²) >= 11 is 0. The Balaban J connectivity index is 2.01. The highest BCUT2D eigenvalue weighted by Gasteiger charge is 2.33. The van der Waals surface area contributed by atoms with Crippen LogP contribution >= 0.6 is 0 Å². The summed E-state index contributed by atoms with van der Waals surface area (Å²) in [5, 5.41) is 0. The molecule has 0 saturated heterocycles. The van der Waals surface area contributed by atoms with Gasteiger partial charge in [0.2, 0.25) is 0 Å². The molecule has 0 aliphatic heterocycles. The van der Waals surface area contributed by atoms with Gasteiger partial charge in [-0.05, 0) is 25.2 Å². The third-order valence-corrected chi connectivity index (χ3v) is 3.44. The van der Waals surface area contributed by atoms with Crippen molar-refractivity contribution in [2.24, 2.45) is 11.7 Å². The van der Waals surface area contributed by atoms with Gasteiger partial charge in [-0.1, -0.05) is 13.8 Å². The molecule has 1 saturated carbocycles. The van der Waals surface area contributed by atoms with Gasteiger partial charge >= 0.3 is 0 Å². The van der Waals surface area contributed by atoms with E-state index in [4.69, 9.17) is 5.73 Å². The van der Waals surface area contributed by atoms with E-state index in [0.29, 0.717) is 30.7 Å². The third kappa shape index (κ3) is 3.80. The molecule has 1 aliphatic carbocycles. The van der Waals surface area contributed by atoms with Gasteiger partial charge < -0.3 is 15.2 Å². The van der Waals surface area contributed by atoms with E-state index in [1.165, 1.54) is 0 Å². The number of carbonyl (C=O) groups excluding carboxylic acids is 1. The molecule has 5 nitrogen and oxygen atoms in total. The van der Waals surface area contributed by atoms with Crippen LogP contribution in [-0.4, -0.2) is 39.5 Å². The zero-order chi connectivity index (χ0) is 13.8. The number of hydrogen-bond acceptors (Lipinski definition) is 3. The first kappa shape index (κ1) is 14.1. The van der Waals surface area contributed by atoms with Gasteiger partial charge in [0.15, 0.2) is 0 Å². The van der Waals surface area contributed by atoms with Crippen LogP contribution in [0.25, 0.3) is 0 Å². The average Bonchev–Trinajstić information content (AvgIpc) is 3.09. The predicted molar refractivity (Wildman–Crippen MR) is 74.8 cm³/mol. The highest BCUT2D eigenvalue weighted by molar-refractivity contribution is 5.92. The minimum atomic E-state index is 0.0684. The molecule has 106 valence electrons. The summed E-state index contributed by atoms with van der Waals surface area (Å²) in [6.07, 6.45) is 6.81. The van der Waals surface area contributed by atoms with E-state index in [1.54, 1.807) is 12.5 Å². The fourth-order valence-electron chi connectivity index (χ4n) is 2.12. The van der Waals surface area contributed by atoms with Crippen molar-refractivity contribution in [3.63, 3.8) is 0 Å². The van der Waals surface area contributed by atoms with E-state index < -0.39 is 0 Å². The molecule has 1 aliphatic rings. The van der Waals surface area contributed by atoms with Crippen molar-refractivity contribution >= 4 is 5.91 Å². The Labute approximate surface area is 114 Å². The highest BCUT2D eigenvalue weighted by Crippen LogP contribution is 2.28. The van der Waals surface area contributed by atoms with Crippen LogP contribution in [0.4, 0.5) is 0 Å². The topological polar surface area (TPSA) is 64.2 Å². The van der Waals surface area contributed by atoms with Crippen molar-refractivity contribution in [2.75, 3.05) is 13.1 Å². The van der Waals surface area contributed by atoms with E-state index in [2.05, 4.69) is 18.8 Å². The lowest BCUT2D eigenvalue weighted by molar-refractivity contribution is 0.0730. The van der Waals surface area contributed by atoms with Crippen LogP contribution in [0.15, 0.2) is 12.5 Å². The van der Waals surface area contributed by atoms with Gasteiger partial charge in [0.05, 0.1) is 6.33 Å². The van der Waals surface area contributed by atoms with Crippen LogP contribution < -0.4 is 5.73 Å². The van der Waals surface area contributed by atoms with Gasteiger partial charge in [-0.25, -0.2) is 4.98 Å². The van der Waals surface area contributed by atoms with Crippen molar-refractivity contribution in [2.45, 2.75) is 45.7 Å². The summed E-state index contributed by atoms with van der Waals surface area (Å²) in [4.78, 5) is 18.7. The summed E-state index contributed by atoms with van der Waals surface area (Å²) in [5.74, 6) is 0.683. The van der Waals surface area contributed by atoms with E-state index in [9.17, 15) is 4.79 Å². The summed E-state index contributed by atoms with van der Waals surface area (Å²) in [7, 11) is 0. The largest absolute Gasteiger partial charge is 0.335 e. The second-order valence-electron chi connectivity index (χ2n) is 5.70. The van der Waals surface area contributed by atoms with Gasteiger partial charge in [-0.15, -0.1) is 0 Å². The van der Waals surface area contributed by atoms with Crippen molar-refractivity contribution in [1.82, 2.24) is 14.5 Å². The molecule has 1 aromatic heterocycles. The highest BCUT2D eigenvalue weighted by atomic mass is 16.2. The maximum atomic E-state index is 12.5. The maximum absolute atomic E-state index is 12.5. The molecule has 1 heterocycles. The first-order valence-corrected chi connectivity index (χ1v) is 7.14. The maximum Gasteiger partial charge on any atom is 0.274 e. The first-order chi connectivity index (χ1) is 9.11. The molecule has 0 spiro atoms. The molecule has 19 heavy (non-hydrogen) atoms. The van der Waals surface area contributed by atoms with E-state index >= 15 is 0 Å². The molecule has 1 aromatic rings. The number of aromatic nitrogens is 2. The first-order valence-electron chi connectivity index (χ1n) is 7.14. The van der Waals surface area contributed by atoms with Gasteiger partial charge in [0.1, 0.15) is 5.69 Å². The Kier molecular flexibility index (Phi) is 4.58. The number of nitrogens with two attached hydrogens (primary N) is 1. The van der Waals surface area contributed by atoms with Crippen LogP contribution in [0.3, 0.4) is 0 Å². The molecule has 0 bridgehead atoms. The fraction of sp³-hybridized carbons (Fsp3) is 0.714. The Bertz CT molecular complexity index is 423. The number of hydrogen-bond donors (Lipinski definition) is 1. The van der Waals surface area contributed by atoms with E-state index in [1.807, 2.05) is 9.47 Å². The molecule has 1 fully saturated rings. The second-order valence-corrected chi connectivity index (χ2v) is 5.70. The van der Waals surface area contributed by atoms with Crippen LogP contribution in [-0.2, 0) is 6.54 Å². The Morgan fingerprint density at radius 3 is 2.89 bits per heavy atom. The minimum Gasteiger partial charge on any atom is -0.335 e. The molecule has 0 unspecified atom stereocenters. The Hall–Kier alpha value is -1.36. The predicted octanol–water partition coefficient (Wildman–Crippen LogP) is 1.49. The second kappa shape index (κ2) is 6.19. The van der Waals surface area contributed by atoms with Crippen molar-refractivity contribution in [3.05, 3.63) is 18.2 Å². The Morgan fingerprint density at radius 2 is 2.32 bits per heavy atom. The fourth-order valence-corrected chi connectivity index (χ4v) is 2.12. The van der Waals surface area contributed by atoms with Crippen molar-refractivity contribution < 1.29 is 4.79 Å². The summed E-state index contributed by atoms with van der Waals surface area (Å²) < 4.78 is 1.88. The lowest BCUT2D eigenvalue weighted by Gasteiger charge is -2.22. The molecule has 0 radical (unpaired) electrons. The van der Waals surface area contributed by atoms with Gasteiger partial charge in [0, 0.05) is 31.9 Å². The summed E-state index contributed by atoms with van der Waals surface area (Å²) in [5.41, 5.74) is 6.05. The molecule has 2 N–H and O–H groups in total. The number of nitrogens with zero attached hydrogens (tertiary/aromatic N) is 3. The number of imidazole rings is 1. The van der Waals surface area contributed by atoms with E-state index in [0.717, 1.165) is 25.8 Å². The van der Waals surface area contributed by atoms with Crippen molar-refractivity contribution in [3.8, 4) is 0 Å². The van der Waals surface area contributed by atoms with Crippen LogP contribution in [0.2, 0.25) is 0 Å². The lowest BCUT2D eigenvalue weighted by Crippen LogP contribution is -2.34. The molecule has 2 rings (SSSR count). The molecule has 0 aromatic carbocycles. The lowest BCUT2D eigenvalue weighted by atomic mass is 10.1. The zero-order valence-corrected chi connectivity index (χ0v) is 11.9. The van der Waals surface area contributed by atoms with Crippen LogP contribution in [0, 0.1) is 5.92 Å². The number of carbonyl (C=O) groups is 1. The smallest absolute Gasteiger partial charge is 0.274 e. The standard InChI is InChI=1S/C14H24N4O/c1-11(2)5-7-18(12-3-4-12)14(19)13-9-17(8-6-15)10-16-13/h9-12H,3-8,15H2,1-2H3. The van der Waals surface area contributed by atoms with Gasteiger partial charge in [-0.3, -0.25) is 4.79 Å². The van der Waals surface area contributed by atoms with E-state index in [-0.39, 0.29) is 5.91 Å². The summed E-state index contributed by atoms with van der Waals surface area (Å²) in [6, 6.07) is 0.436. The van der Waals surface area contributed by atoms with Crippen LogP contribution in [0.5, 0.6) is 0 Å². The van der Waals surface area contributed by atoms with Gasteiger partial charge in [-0.2, -0.15) is 0 Å². The molecule has 1 amide bonds. The van der Waals surface area contributed by atoms with Crippen molar-refractivity contribution in [1.29, 1.82) is 0 Å². The number of rotatable bonds is 7. The third-order valence-electron chi connectivity index (χ3n) is 3.44. The molecular weight excluding hydrogens is 240 g/mol. The average molecular weight is 264 g/mol.